The lowest BCUT2D eigenvalue weighted by molar-refractivity contribution is -0.125. The van der Waals surface area contributed by atoms with Crippen molar-refractivity contribution in [3.05, 3.63) is 0 Å². The Labute approximate surface area is 190 Å². The molecule has 32 heavy (non-hydrogen) atoms. The number of halogens is 1. The van der Waals surface area contributed by atoms with Crippen LogP contribution >= 0.6 is 0 Å². The molecular formula is C21H41FN8O2. The predicted molar refractivity (Wildman–Crippen MR) is 120 cm³/mol. The third-order valence-electron chi connectivity index (χ3n) is 7.46. The normalized spacial score (nSPS) is 42.3. The fraction of sp³-hybridized carbons (Fsp3) is 0.952. The summed E-state index contributed by atoms with van der Waals surface area (Å²) in [5.74, 6) is -0.447. The summed E-state index contributed by atoms with van der Waals surface area (Å²) in [6.45, 7) is 5.19. The van der Waals surface area contributed by atoms with E-state index in [0.29, 0.717) is 19.6 Å². The summed E-state index contributed by atoms with van der Waals surface area (Å²) in [6, 6.07) is 0.0781. The second kappa shape index (κ2) is 11.5. The van der Waals surface area contributed by atoms with Crippen LogP contribution < -0.4 is 37.6 Å². The molecule has 8 N–H and O–H groups in total. The number of amides is 1. The van der Waals surface area contributed by atoms with E-state index in [1.807, 2.05) is 0 Å². The number of nitrogens with zero attached hydrogens (tertiary/aromatic N) is 1. The number of hydrogen-bond donors (Lipinski definition) is 7. The van der Waals surface area contributed by atoms with Crippen molar-refractivity contribution < 1.29 is 13.9 Å². The topological polar surface area (TPSA) is 128 Å². The molecule has 6 unspecified atom stereocenters. The molecular weight excluding hydrogens is 415 g/mol. The van der Waals surface area contributed by atoms with Gasteiger partial charge in [-0.2, -0.15) is 0 Å². The Hall–Kier alpha value is -0.920. The van der Waals surface area contributed by atoms with Crippen molar-refractivity contribution in [2.45, 2.75) is 62.6 Å². The molecule has 0 aromatic heterocycles. The van der Waals surface area contributed by atoms with Crippen LogP contribution in [0.5, 0.6) is 0 Å². The van der Waals surface area contributed by atoms with E-state index in [1.165, 1.54) is 0 Å². The Morgan fingerprint density at radius 1 is 1.09 bits per heavy atom. The van der Waals surface area contributed by atoms with Crippen LogP contribution in [0.4, 0.5) is 4.39 Å². The predicted octanol–water partition coefficient (Wildman–Crippen LogP) is -2.18. The number of rotatable bonds is 6. The van der Waals surface area contributed by atoms with Gasteiger partial charge in [0.1, 0.15) is 12.5 Å². The highest BCUT2D eigenvalue weighted by atomic mass is 19.1. The van der Waals surface area contributed by atoms with Crippen LogP contribution in [0.2, 0.25) is 0 Å². The molecule has 4 aliphatic rings. The van der Waals surface area contributed by atoms with Gasteiger partial charge in [-0.25, -0.2) is 4.39 Å². The molecule has 6 atom stereocenters. The maximum absolute atomic E-state index is 13.6. The van der Waals surface area contributed by atoms with Gasteiger partial charge < -0.3 is 15.8 Å². The summed E-state index contributed by atoms with van der Waals surface area (Å²) in [6.07, 6.45) is 3.00. The highest BCUT2D eigenvalue weighted by molar-refractivity contribution is 5.77. The van der Waals surface area contributed by atoms with Crippen LogP contribution in [0, 0.1) is 11.8 Å². The summed E-state index contributed by atoms with van der Waals surface area (Å²) in [5, 5.41) is 20.8. The highest BCUT2D eigenvalue weighted by Gasteiger charge is 2.43. The number of nitrogens with one attached hydrogen (secondary N) is 6. The van der Waals surface area contributed by atoms with Crippen LogP contribution in [0.1, 0.15) is 25.7 Å². The van der Waals surface area contributed by atoms with Gasteiger partial charge in [-0.1, -0.05) is 6.42 Å². The van der Waals surface area contributed by atoms with Crippen molar-refractivity contribution in [2.75, 3.05) is 52.9 Å². The van der Waals surface area contributed by atoms with Crippen molar-refractivity contribution in [1.29, 1.82) is 0 Å². The average Bonchev–Trinajstić information content (AvgIpc) is 3.09. The third-order valence-corrected chi connectivity index (χ3v) is 7.46. The van der Waals surface area contributed by atoms with Gasteiger partial charge in [0.05, 0.1) is 24.4 Å². The lowest BCUT2D eigenvalue weighted by Crippen LogP contribution is -2.72. The molecule has 10 nitrogen and oxygen atoms in total. The minimum absolute atomic E-state index is 0.00783. The molecule has 0 spiro atoms. The fourth-order valence-corrected chi connectivity index (χ4v) is 5.75. The quantitative estimate of drug-likeness (QED) is 0.239. The average molecular weight is 457 g/mol. The van der Waals surface area contributed by atoms with E-state index >= 15 is 0 Å². The van der Waals surface area contributed by atoms with Crippen molar-refractivity contribution in [1.82, 2.24) is 36.8 Å². The first-order valence-electron chi connectivity index (χ1n) is 12.2. The Morgan fingerprint density at radius 3 is 2.66 bits per heavy atom. The smallest absolute Gasteiger partial charge is 0.224 e. The van der Waals surface area contributed by atoms with E-state index in [9.17, 15) is 9.18 Å². The summed E-state index contributed by atoms with van der Waals surface area (Å²) in [5.41, 5.74) is 5.77. The van der Waals surface area contributed by atoms with Gasteiger partial charge in [0.2, 0.25) is 5.91 Å². The fourth-order valence-electron chi connectivity index (χ4n) is 5.75. The maximum Gasteiger partial charge on any atom is 0.224 e. The zero-order valence-corrected chi connectivity index (χ0v) is 19.1. The lowest BCUT2D eigenvalue weighted by Gasteiger charge is -2.47. The Balaban J connectivity index is 1.42. The molecule has 1 amide bonds. The molecule has 4 fully saturated rings. The van der Waals surface area contributed by atoms with E-state index in [0.717, 1.165) is 51.9 Å². The van der Waals surface area contributed by atoms with Crippen molar-refractivity contribution in [3.63, 3.8) is 0 Å². The number of carbonyl (C=O) groups is 1. The van der Waals surface area contributed by atoms with Gasteiger partial charge >= 0.3 is 0 Å². The number of nitrogens with two attached hydrogens (primary N) is 1. The number of alkyl halides is 1. The first kappa shape index (κ1) is 24.2. The van der Waals surface area contributed by atoms with Crippen LogP contribution in [-0.4, -0.2) is 101 Å². The van der Waals surface area contributed by atoms with Gasteiger partial charge in [-0.05, 0) is 25.8 Å². The summed E-state index contributed by atoms with van der Waals surface area (Å²) in [4.78, 5) is 14.6. The van der Waals surface area contributed by atoms with Crippen LogP contribution in [0.25, 0.3) is 0 Å². The Morgan fingerprint density at radius 2 is 1.91 bits per heavy atom. The summed E-state index contributed by atoms with van der Waals surface area (Å²) >= 11 is 0. The molecule has 3 aliphatic heterocycles. The van der Waals surface area contributed by atoms with Crippen molar-refractivity contribution in [2.24, 2.45) is 17.6 Å². The van der Waals surface area contributed by atoms with E-state index in [4.69, 9.17) is 10.5 Å². The number of ether oxygens (including phenoxy) is 1. The molecule has 1 aliphatic carbocycles. The standard InChI is InChI=1S/C21H41FN8O2/c1-32-17-14(19-25-10-13(22)11-26-19)4-2-5-16(17)28-20-15(18(23)31)12-27-21(29-20)30-8-3-6-24-7-9-30/h13-17,19-21,24-29H,2-12H2,1H3,(H2,23,31). The summed E-state index contributed by atoms with van der Waals surface area (Å²) in [7, 11) is 1.74. The molecule has 0 aromatic rings. The number of methoxy groups -OCH3 is 1. The number of primary amides is 1. The Kier molecular flexibility index (Phi) is 8.68. The summed E-state index contributed by atoms with van der Waals surface area (Å²) < 4.78 is 19.6. The first-order valence-corrected chi connectivity index (χ1v) is 12.2. The molecule has 3 heterocycles. The van der Waals surface area contributed by atoms with E-state index in [2.05, 4.69) is 36.8 Å². The van der Waals surface area contributed by atoms with Crippen molar-refractivity contribution >= 4 is 5.91 Å². The number of carbonyl (C=O) groups excluding carboxylic acids is 1. The SMILES string of the molecule is COC1C(NC2NC(N3CCCNCC3)NCC2C(N)=O)CCCC1C1NCC(F)CN1. The Bertz CT molecular complexity index is 600. The molecule has 4 rings (SSSR count). The zero-order valence-electron chi connectivity index (χ0n) is 19.1. The van der Waals surface area contributed by atoms with Crippen LogP contribution in [0.15, 0.2) is 0 Å². The first-order chi connectivity index (χ1) is 15.6. The zero-order chi connectivity index (χ0) is 22.5. The molecule has 3 saturated heterocycles. The van der Waals surface area contributed by atoms with Gasteiger partial charge in [-0.3, -0.25) is 36.3 Å². The number of hydrogen-bond acceptors (Lipinski definition) is 9. The molecule has 0 bridgehead atoms. The second-order valence-corrected chi connectivity index (χ2v) is 9.56. The van der Waals surface area contributed by atoms with Crippen LogP contribution in [0.3, 0.4) is 0 Å². The third kappa shape index (κ3) is 5.76. The van der Waals surface area contributed by atoms with Gasteiger partial charge in [-0.15, -0.1) is 0 Å². The van der Waals surface area contributed by atoms with Gasteiger partial charge in [0.15, 0.2) is 0 Å². The minimum atomic E-state index is -0.855. The molecule has 0 aromatic carbocycles. The molecule has 1 saturated carbocycles. The van der Waals surface area contributed by atoms with Crippen molar-refractivity contribution in [3.8, 4) is 0 Å². The molecule has 0 radical (unpaired) electrons. The molecule has 11 heteroatoms. The lowest BCUT2D eigenvalue weighted by atomic mass is 9.80. The van der Waals surface area contributed by atoms with E-state index in [1.54, 1.807) is 7.11 Å². The minimum Gasteiger partial charge on any atom is -0.379 e. The largest absolute Gasteiger partial charge is 0.379 e. The monoisotopic (exact) mass is 456 g/mol. The van der Waals surface area contributed by atoms with E-state index in [-0.39, 0.29) is 48.5 Å². The highest BCUT2D eigenvalue weighted by Crippen LogP contribution is 2.30. The van der Waals surface area contributed by atoms with Gasteiger partial charge in [0, 0.05) is 58.3 Å². The maximum atomic E-state index is 13.6. The van der Waals surface area contributed by atoms with Crippen LogP contribution in [-0.2, 0) is 9.53 Å². The molecule has 184 valence electrons. The second-order valence-electron chi connectivity index (χ2n) is 9.56. The van der Waals surface area contributed by atoms with E-state index < -0.39 is 6.17 Å². The van der Waals surface area contributed by atoms with Gasteiger partial charge in [0.25, 0.3) is 0 Å².